The molecule has 3 nitrogen and oxygen atoms in total. The minimum absolute atomic E-state index is 0.0552. The summed E-state index contributed by atoms with van der Waals surface area (Å²) in [4.78, 5) is 3.93. The van der Waals surface area contributed by atoms with Crippen LogP contribution >= 0.6 is 11.6 Å². The van der Waals surface area contributed by atoms with Crippen LogP contribution in [0.1, 0.15) is 11.6 Å². The summed E-state index contributed by atoms with van der Waals surface area (Å²) in [6.07, 6.45) is 3.31. The van der Waals surface area contributed by atoms with E-state index in [-0.39, 0.29) is 6.04 Å². The van der Waals surface area contributed by atoms with E-state index in [9.17, 15) is 0 Å². The third-order valence-corrected chi connectivity index (χ3v) is 2.81. The predicted octanol–water partition coefficient (Wildman–Crippen LogP) is 2.85. The molecule has 0 amide bonds. The number of aromatic nitrogens is 1. The Balaban J connectivity index is 1.97. The fourth-order valence-electron chi connectivity index (χ4n) is 1.56. The lowest BCUT2D eigenvalue weighted by atomic mass is 10.1. The lowest BCUT2D eigenvalue weighted by Crippen LogP contribution is -2.20. The van der Waals surface area contributed by atoms with Crippen molar-refractivity contribution in [3.05, 3.63) is 59.4 Å². The minimum atomic E-state index is -0.0552. The standard InChI is InChI=1S/C13H14ClN3/c14-11-8-16-7-6-13(11)17-9-12(15)10-4-2-1-3-5-10/h1-8,12H,9,15H2,(H,16,17). The molecule has 2 aromatic rings. The summed E-state index contributed by atoms with van der Waals surface area (Å²) in [5.74, 6) is 0. The Hall–Kier alpha value is -1.58. The highest BCUT2D eigenvalue weighted by Crippen LogP contribution is 2.20. The van der Waals surface area contributed by atoms with E-state index in [2.05, 4.69) is 10.3 Å². The zero-order valence-corrected chi connectivity index (χ0v) is 10.1. The molecule has 1 heterocycles. The van der Waals surface area contributed by atoms with Crippen molar-refractivity contribution in [1.82, 2.24) is 4.98 Å². The molecule has 0 saturated heterocycles. The van der Waals surface area contributed by atoms with Gasteiger partial charge < -0.3 is 11.1 Å². The largest absolute Gasteiger partial charge is 0.382 e. The SMILES string of the molecule is NC(CNc1ccncc1Cl)c1ccccc1. The molecule has 88 valence electrons. The van der Waals surface area contributed by atoms with E-state index in [4.69, 9.17) is 17.3 Å². The maximum absolute atomic E-state index is 6.07. The van der Waals surface area contributed by atoms with Gasteiger partial charge in [-0.2, -0.15) is 0 Å². The molecule has 0 bridgehead atoms. The van der Waals surface area contributed by atoms with Gasteiger partial charge in [-0.3, -0.25) is 4.98 Å². The second-order valence-corrected chi connectivity index (χ2v) is 4.16. The zero-order valence-electron chi connectivity index (χ0n) is 9.31. The number of hydrogen-bond acceptors (Lipinski definition) is 3. The van der Waals surface area contributed by atoms with Crippen LogP contribution in [0.15, 0.2) is 48.8 Å². The molecule has 1 unspecified atom stereocenters. The Bertz CT molecular complexity index is 473. The first-order chi connectivity index (χ1) is 8.27. The zero-order chi connectivity index (χ0) is 12.1. The van der Waals surface area contributed by atoms with Crippen molar-refractivity contribution in [2.24, 2.45) is 5.73 Å². The normalized spacial score (nSPS) is 12.1. The summed E-state index contributed by atoms with van der Waals surface area (Å²) in [7, 11) is 0. The number of hydrogen-bond donors (Lipinski definition) is 2. The van der Waals surface area contributed by atoms with Gasteiger partial charge in [0, 0.05) is 25.0 Å². The van der Waals surface area contributed by atoms with Gasteiger partial charge in [0.25, 0.3) is 0 Å². The van der Waals surface area contributed by atoms with Crippen LogP contribution in [-0.2, 0) is 0 Å². The molecular formula is C13H14ClN3. The van der Waals surface area contributed by atoms with Crippen LogP contribution in [0, 0.1) is 0 Å². The number of rotatable bonds is 4. The van der Waals surface area contributed by atoms with Crippen molar-refractivity contribution < 1.29 is 0 Å². The predicted molar refractivity (Wildman–Crippen MR) is 71.1 cm³/mol. The van der Waals surface area contributed by atoms with E-state index in [1.54, 1.807) is 12.4 Å². The molecule has 3 N–H and O–H groups in total. The van der Waals surface area contributed by atoms with Crippen LogP contribution in [-0.4, -0.2) is 11.5 Å². The molecule has 4 heteroatoms. The summed E-state index contributed by atoms with van der Waals surface area (Å²) in [6, 6.07) is 11.7. The van der Waals surface area contributed by atoms with E-state index < -0.39 is 0 Å². The monoisotopic (exact) mass is 247 g/mol. The van der Waals surface area contributed by atoms with Gasteiger partial charge in [-0.25, -0.2) is 0 Å². The van der Waals surface area contributed by atoms with Gasteiger partial charge >= 0.3 is 0 Å². The van der Waals surface area contributed by atoms with Crippen LogP contribution in [0.5, 0.6) is 0 Å². The Kier molecular flexibility index (Phi) is 3.96. The Morgan fingerprint density at radius 3 is 2.71 bits per heavy atom. The molecule has 0 saturated carbocycles. The van der Waals surface area contributed by atoms with E-state index in [0.29, 0.717) is 11.6 Å². The molecule has 0 fully saturated rings. The Morgan fingerprint density at radius 1 is 1.24 bits per heavy atom. The van der Waals surface area contributed by atoms with Crippen molar-refractivity contribution in [3.8, 4) is 0 Å². The van der Waals surface area contributed by atoms with Gasteiger partial charge in [-0.05, 0) is 11.6 Å². The van der Waals surface area contributed by atoms with Crippen LogP contribution < -0.4 is 11.1 Å². The highest BCUT2D eigenvalue weighted by molar-refractivity contribution is 6.33. The topological polar surface area (TPSA) is 50.9 Å². The van der Waals surface area contributed by atoms with Gasteiger partial charge in [-0.15, -0.1) is 0 Å². The fourth-order valence-corrected chi connectivity index (χ4v) is 1.74. The lowest BCUT2D eigenvalue weighted by Gasteiger charge is -2.14. The van der Waals surface area contributed by atoms with E-state index in [1.807, 2.05) is 36.4 Å². The summed E-state index contributed by atoms with van der Waals surface area (Å²) in [5.41, 5.74) is 8.03. The highest BCUT2D eigenvalue weighted by Gasteiger charge is 2.06. The second kappa shape index (κ2) is 5.66. The van der Waals surface area contributed by atoms with Gasteiger partial charge in [0.05, 0.1) is 10.7 Å². The number of anilines is 1. The van der Waals surface area contributed by atoms with Crippen LogP contribution in [0.2, 0.25) is 5.02 Å². The van der Waals surface area contributed by atoms with E-state index in [0.717, 1.165) is 11.3 Å². The van der Waals surface area contributed by atoms with Crippen LogP contribution in [0.4, 0.5) is 5.69 Å². The Labute approximate surface area is 106 Å². The third-order valence-electron chi connectivity index (χ3n) is 2.51. The molecule has 0 aliphatic carbocycles. The number of nitrogens with one attached hydrogen (secondary N) is 1. The average molecular weight is 248 g/mol. The van der Waals surface area contributed by atoms with Crippen molar-refractivity contribution in [3.63, 3.8) is 0 Å². The number of halogens is 1. The van der Waals surface area contributed by atoms with Gasteiger partial charge in [0.2, 0.25) is 0 Å². The first-order valence-corrected chi connectivity index (χ1v) is 5.79. The lowest BCUT2D eigenvalue weighted by molar-refractivity contribution is 0.764. The van der Waals surface area contributed by atoms with Gasteiger partial charge in [-0.1, -0.05) is 41.9 Å². The number of nitrogens with two attached hydrogens (primary N) is 1. The molecule has 1 aromatic carbocycles. The summed E-state index contributed by atoms with van der Waals surface area (Å²) < 4.78 is 0. The smallest absolute Gasteiger partial charge is 0.0820 e. The highest BCUT2D eigenvalue weighted by atomic mass is 35.5. The molecule has 0 aliphatic rings. The molecular weight excluding hydrogens is 234 g/mol. The van der Waals surface area contributed by atoms with Crippen molar-refractivity contribution in [2.45, 2.75) is 6.04 Å². The molecule has 2 rings (SSSR count). The third kappa shape index (κ3) is 3.19. The number of nitrogens with zero attached hydrogens (tertiary/aromatic N) is 1. The van der Waals surface area contributed by atoms with Crippen molar-refractivity contribution >= 4 is 17.3 Å². The first kappa shape index (κ1) is 11.9. The van der Waals surface area contributed by atoms with Gasteiger partial charge in [0.1, 0.15) is 0 Å². The average Bonchev–Trinajstić information content (AvgIpc) is 2.38. The maximum atomic E-state index is 6.07. The number of benzene rings is 1. The summed E-state index contributed by atoms with van der Waals surface area (Å²) in [5, 5.41) is 3.82. The quantitative estimate of drug-likeness (QED) is 0.874. The summed E-state index contributed by atoms with van der Waals surface area (Å²) >= 11 is 5.99. The van der Waals surface area contributed by atoms with Crippen LogP contribution in [0.25, 0.3) is 0 Å². The molecule has 1 aromatic heterocycles. The van der Waals surface area contributed by atoms with E-state index >= 15 is 0 Å². The van der Waals surface area contributed by atoms with E-state index in [1.165, 1.54) is 0 Å². The molecule has 0 spiro atoms. The van der Waals surface area contributed by atoms with Crippen LogP contribution in [0.3, 0.4) is 0 Å². The molecule has 1 atom stereocenters. The molecule has 17 heavy (non-hydrogen) atoms. The minimum Gasteiger partial charge on any atom is -0.382 e. The van der Waals surface area contributed by atoms with Crippen molar-refractivity contribution in [1.29, 1.82) is 0 Å². The molecule has 0 aliphatic heterocycles. The Morgan fingerprint density at radius 2 is 2.00 bits per heavy atom. The summed E-state index contributed by atoms with van der Waals surface area (Å²) in [6.45, 7) is 0.633. The van der Waals surface area contributed by atoms with Crippen molar-refractivity contribution in [2.75, 3.05) is 11.9 Å². The first-order valence-electron chi connectivity index (χ1n) is 5.41. The fraction of sp³-hybridized carbons (Fsp3) is 0.154. The second-order valence-electron chi connectivity index (χ2n) is 3.75. The van der Waals surface area contributed by atoms with Gasteiger partial charge in [0.15, 0.2) is 0 Å². The molecule has 0 radical (unpaired) electrons. The number of pyridine rings is 1. The maximum Gasteiger partial charge on any atom is 0.0820 e.